The molecule has 0 unspecified atom stereocenters. The van der Waals surface area contributed by atoms with Crippen molar-refractivity contribution in [1.29, 1.82) is 0 Å². The highest BCUT2D eigenvalue weighted by Crippen LogP contribution is 2.42. The van der Waals surface area contributed by atoms with Crippen molar-refractivity contribution in [1.82, 2.24) is 14.9 Å². The van der Waals surface area contributed by atoms with Crippen molar-refractivity contribution in [3.8, 4) is 11.5 Å². The molecule has 33 heavy (non-hydrogen) atoms. The third-order valence-electron chi connectivity index (χ3n) is 6.21. The van der Waals surface area contributed by atoms with Gasteiger partial charge in [0.25, 0.3) is 5.91 Å². The summed E-state index contributed by atoms with van der Waals surface area (Å²) in [5.41, 5.74) is 2.50. The first-order chi connectivity index (χ1) is 15.9. The SMILES string of the molecule is C[C@H]1COc2c(N3CCN(C)CC3)c(F)cc3c(=O)c(C(=O)NOc4ccccc4)cn1c23. The summed E-state index contributed by atoms with van der Waals surface area (Å²) in [6.07, 6.45) is 1.51. The summed E-state index contributed by atoms with van der Waals surface area (Å²) in [6.45, 7) is 5.16. The van der Waals surface area contributed by atoms with Gasteiger partial charge in [0.15, 0.2) is 17.3 Å². The number of rotatable bonds is 4. The number of pyridine rings is 1. The number of aromatic nitrogens is 1. The number of halogens is 1. The molecule has 2 aliphatic rings. The molecule has 0 saturated carbocycles. The number of amides is 1. The molecule has 9 heteroatoms. The molecule has 1 N–H and O–H groups in total. The summed E-state index contributed by atoms with van der Waals surface area (Å²) < 4.78 is 23.2. The van der Waals surface area contributed by atoms with Gasteiger partial charge in [0, 0.05) is 32.4 Å². The van der Waals surface area contributed by atoms with Gasteiger partial charge in [-0.1, -0.05) is 18.2 Å². The highest BCUT2D eigenvalue weighted by atomic mass is 19.1. The van der Waals surface area contributed by atoms with Crippen LogP contribution in [0.4, 0.5) is 10.1 Å². The molecule has 1 amide bonds. The van der Waals surface area contributed by atoms with Crippen molar-refractivity contribution in [3.63, 3.8) is 0 Å². The lowest BCUT2D eigenvalue weighted by Crippen LogP contribution is -2.45. The molecule has 1 atom stereocenters. The zero-order valence-corrected chi connectivity index (χ0v) is 18.5. The molecule has 3 aromatic rings. The third-order valence-corrected chi connectivity index (χ3v) is 6.21. The first kappa shape index (κ1) is 21.3. The first-order valence-corrected chi connectivity index (χ1v) is 10.9. The van der Waals surface area contributed by atoms with Crippen molar-refractivity contribution < 1.29 is 18.8 Å². The van der Waals surface area contributed by atoms with Gasteiger partial charge in [-0.15, -0.1) is 0 Å². The number of likely N-dealkylation sites (N-methyl/N-ethyl adjacent to an activating group) is 1. The molecule has 1 aromatic heterocycles. The maximum Gasteiger partial charge on any atom is 0.289 e. The second-order valence-electron chi connectivity index (χ2n) is 8.51. The Morgan fingerprint density at radius 1 is 1.18 bits per heavy atom. The van der Waals surface area contributed by atoms with Crippen LogP contribution in [0, 0.1) is 5.82 Å². The Morgan fingerprint density at radius 3 is 2.64 bits per heavy atom. The minimum Gasteiger partial charge on any atom is -0.487 e. The number of anilines is 1. The van der Waals surface area contributed by atoms with E-state index in [1.165, 1.54) is 12.3 Å². The number of nitrogens with one attached hydrogen (secondary N) is 1. The average molecular weight is 452 g/mol. The average Bonchev–Trinajstić information content (AvgIpc) is 2.82. The fourth-order valence-corrected chi connectivity index (χ4v) is 4.35. The molecule has 1 saturated heterocycles. The Kier molecular flexibility index (Phi) is 5.41. The summed E-state index contributed by atoms with van der Waals surface area (Å²) in [4.78, 5) is 35.5. The van der Waals surface area contributed by atoms with Crippen LogP contribution >= 0.6 is 0 Å². The number of benzene rings is 2. The van der Waals surface area contributed by atoms with Gasteiger partial charge in [-0.2, -0.15) is 5.48 Å². The van der Waals surface area contributed by atoms with Crippen LogP contribution < -0.4 is 25.4 Å². The normalized spacial score (nSPS) is 18.2. The number of carbonyl (C=O) groups is 1. The zero-order valence-electron chi connectivity index (χ0n) is 18.5. The maximum atomic E-state index is 15.4. The van der Waals surface area contributed by atoms with E-state index in [-0.39, 0.29) is 17.0 Å². The van der Waals surface area contributed by atoms with Crippen LogP contribution in [-0.4, -0.2) is 55.2 Å². The van der Waals surface area contributed by atoms with Crippen molar-refractivity contribution in [2.24, 2.45) is 0 Å². The fraction of sp³-hybridized carbons (Fsp3) is 0.333. The number of para-hydroxylation sites is 1. The van der Waals surface area contributed by atoms with E-state index in [9.17, 15) is 9.59 Å². The van der Waals surface area contributed by atoms with Crippen LogP contribution in [0.5, 0.6) is 11.5 Å². The van der Waals surface area contributed by atoms with Crippen LogP contribution in [0.15, 0.2) is 47.4 Å². The molecule has 0 radical (unpaired) electrons. The number of carbonyl (C=O) groups excluding carboxylic acids is 1. The van der Waals surface area contributed by atoms with Crippen LogP contribution in [0.3, 0.4) is 0 Å². The molecule has 8 nitrogen and oxygen atoms in total. The van der Waals surface area contributed by atoms with E-state index in [2.05, 4.69) is 10.4 Å². The van der Waals surface area contributed by atoms with Crippen LogP contribution in [0.25, 0.3) is 10.9 Å². The van der Waals surface area contributed by atoms with Crippen LogP contribution in [0.2, 0.25) is 0 Å². The van der Waals surface area contributed by atoms with Gasteiger partial charge in [0.1, 0.15) is 17.9 Å². The number of hydrogen-bond donors (Lipinski definition) is 1. The Balaban J connectivity index is 1.58. The number of hydrogen-bond acceptors (Lipinski definition) is 6. The largest absolute Gasteiger partial charge is 0.487 e. The smallest absolute Gasteiger partial charge is 0.289 e. The van der Waals surface area contributed by atoms with E-state index < -0.39 is 17.2 Å². The van der Waals surface area contributed by atoms with Gasteiger partial charge in [-0.05, 0) is 32.2 Å². The minimum absolute atomic E-state index is 0.110. The molecule has 2 aliphatic heterocycles. The molecule has 0 spiro atoms. The van der Waals surface area contributed by atoms with E-state index in [0.29, 0.717) is 42.4 Å². The Hall–Kier alpha value is -3.59. The second-order valence-corrected chi connectivity index (χ2v) is 8.51. The van der Waals surface area contributed by atoms with Crippen molar-refractivity contribution >= 4 is 22.5 Å². The molecular weight excluding hydrogens is 427 g/mol. The van der Waals surface area contributed by atoms with Gasteiger partial charge < -0.3 is 23.9 Å². The topological polar surface area (TPSA) is 76.0 Å². The molecule has 1 fully saturated rings. The minimum atomic E-state index is -0.696. The van der Waals surface area contributed by atoms with E-state index >= 15 is 4.39 Å². The third kappa shape index (κ3) is 3.78. The zero-order chi connectivity index (χ0) is 23.1. The Morgan fingerprint density at radius 2 is 1.91 bits per heavy atom. The summed E-state index contributed by atoms with van der Waals surface area (Å²) in [5, 5.41) is 0.110. The van der Waals surface area contributed by atoms with Crippen LogP contribution in [0.1, 0.15) is 23.3 Å². The monoisotopic (exact) mass is 452 g/mol. The second kappa shape index (κ2) is 8.40. The quantitative estimate of drug-likeness (QED) is 0.614. The van der Waals surface area contributed by atoms with Gasteiger partial charge in [-0.25, -0.2) is 4.39 Å². The van der Waals surface area contributed by atoms with Crippen molar-refractivity contribution in [2.75, 3.05) is 44.7 Å². The summed E-state index contributed by atoms with van der Waals surface area (Å²) >= 11 is 0. The van der Waals surface area contributed by atoms with Gasteiger partial charge in [0.05, 0.1) is 16.9 Å². The maximum absolute atomic E-state index is 15.4. The summed E-state index contributed by atoms with van der Waals surface area (Å²) in [6, 6.07) is 9.79. The molecular formula is C24H25FN4O4. The number of ether oxygens (including phenoxy) is 1. The molecule has 3 heterocycles. The lowest BCUT2D eigenvalue weighted by Gasteiger charge is -2.37. The lowest BCUT2D eigenvalue weighted by atomic mass is 10.0. The van der Waals surface area contributed by atoms with Crippen molar-refractivity contribution in [2.45, 2.75) is 13.0 Å². The van der Waals surface area contributed by atoms with Gasteiger partial charge >= 0.3 is 0 Å². The van der Waals surface area contributed by atoms with E-state index in [1.54, 1.807) is 24.3 Å². The van der Waals surface area contributed by atoms with Gasteiger partial charge in [-0.3, -0.25) is 9.59 Å². The summed E-state index contributed by atoms with van der Waals surface area (Å²) in [7, 11) is 2.03. The number of nitrogens with zero attached hydrogens (tertiary/aromatic N) is 3. The van der Waals surface area contributed by atoms with E-state index in [0.717, 1.165) is 13.1 Å². The van der Waals surface area contributed by atoms with E-state index in [1.807, 2.05) is 29.5 Å². The molecule has 5 rings (SSSR count). The molecule has 0 bridgehead atoms. The molecule has 2 aromatic carbocycles. The molecule has 172 valence electrons. The molecule has 0 aliphatic carbocycles. The highest BCUT2D eigenvalue weighted by molar-refractivity contribution is 5.99. The van der Waals surface area contributed by atoms with E-state index in [4.69, 9.17) is 9.57 Å². The van der Waals surface area contributed by atoms with Crippen LogP contribution in [-0.2, 0) is 0 Å². The highest BCUT2D eigenvalue weighted by Gasteiger charge is 2.31. The Bertz CT molecular complexity index is 1270. The number of hydroxylamine groups is 1. The number of piperazine rings is 1. The predicted octanol–water partition coefficient (Wildman–Crippen LogP) is 2.57. The first-order valence-electron chi connectivity index (χ1n) is 10.9. The lowest BCUT2D eigenvalue weighted by molar-refractivity contribution is 0.0757. The Labute approximate surface area is 190 Å². The van der Waals surface area contributed by atoms with Crippen molar-refractivity contribution in [3.05, 3.63) is 64.2 Å². The summed E-state index contributed by atoms with van der Waals surface area (Å²) in [5.74, 6) is -0.436. The predicted molar refractivity (Wildman–Crippen MR) is 123 cm³/mol. The van der Waals surface area contributed by atoms with Gasteiger partial charge in [0.2, 0.25) is 5.43 Å². The standard InChI is InChI=1S/C24H25FN4O4/c1-15-14-32-23-20-17(12-19(25)21(23)28-10-8-27(2)9-11-28)22(30)18(13-29(15)20)24(31)26-33-16-6-4-3-5-7-16/h3-7,12-13,15H,8-11,14H2,1-2H3,(H,26,31)/t15-/m0/s1. The fourth-order valence-electron chi connectivity index (χ4n) is 4.35.